The summed E-state index contributed by atoms with van der Waals surface area (Å²) in [6, 6.07) is 1.47. The van der Waals surface area contributed by atoms with Gasteiger partial charge < -0.3 is 14.4 Å². The number of hydrogen-bond acceptors (Lipinski definition) is 4. The van der Waals surface area contributed by atoms with Crippen LogP contribution in [0.2, 0.25) is 0 Å². The van der Waals surface area contributed by atoms with Crippen molar-refractivity contribution in [3.63, 3.8) is 0 Å². The smallest absolute Gasteiger partial charge is 0.394 e. The number of nitrogens with zero attached hydrogens (tertiary/aromatic N) is 2. The van der Waals surface area contributed by atoms with Gasteiger partial charge in [-0.3, -0.25) is 0 Å². The van der Waals surface area contributed by atoms with Crippen molar-refractivity contribution in [3.8, 4) is 11.6 Å². The number of ether oxygens (including phenoxy) is 2. The average molecular weight is 377 g/mol. The first-order valence-electron chi connectivity index (χ1n) is 7.82. The van der Waals surface area contributed by atoms with Crippen molar-refractivity contribution in [1.82, 2.24) is 9.88 Å². The van der Waals surface area contributed by atoms with E-state index < -0.39 is 18.7 Å². The van der Waals surface area contributed by atoms with Gasteiger partial charge >= 0.3 is 6.18 Å². The molecule has 25 heavy (non-hydrogen) atoms. The summed E-state index contributed by atoms with van der Waals surface area (Å²) in [5.41, 5.74) is 1.40. The van der Waals surface area contributed by atoms with Crippen molar-refractivity contribution >= 4 is 17.2 Å². The van der Waals surface area contributed by atoms with E-state index in [0.717, 1.165) is 19.0 Å². The number of aromatic nitrogens is 1. The Morgan fingerprint density at radius 2 is 2.12 bits per heavy atom. The molecule has 0 aromatic carbocycles. The third kappa shape index (κ3) is 4.81. The first-order valence-corrected chi connectivity index (χ1v) is 8.19. The maximum atomic E-state index is 12.6. The molecule has 0 aliphatic carbocycles. The van der Waals surface area contributed by atoms with Gasteiger partial charge in [0.15, 0.2) is 0 Å². The summed E-state index contributed by atoms with van der Waals surface area (Å²) in [6.45, 7) is 4.10. The summed E-state index contributed by atoms with van der Waals surface area (Å²) < 4.78 is 48.2. The summed E-state index contributed by atoms with van der Waals surface area (Å²) in [4.78, 5) is 6.15. The predicted molar refractivity (Wildman–Crippen MR) is 90.7 cm³/mol. The van der Waals surface area contributed by atoms with Gasteiger partial charge in [-0.05, 0) is 13.0 Å². The van der Waals surface area contributed by atoms with E-state index >= 15 is 0 Å². The van der Waals surface area contributed by atoms with E-state index in [4.69, 9.17) is 21.1 Å². The lowest BCUT2D eigenvalue weighted by atomic mass is 10.1. The average Bonchev–Trinajstić information content (AvgIpc) is 2.59. The van der Waals surface area contributed by atoms with Crippen LogP contribution in [0.3, 0.4) is 0 Å². The molecule has 138 valence electrons. The molecule has 0 fully saturated rings. The van der Waals surface area contributed by atoms with Crippen LogP contribution in [0.1, 0.15) is 19.4 Å². The van der Waals surface area contributed by atoms with Crippen LogP contribution < -0.4 is 9.47 Å². The lowest BCUT2D eigenvalue weighted by Crippen LogP contribution is -2.26. The van der Waals surface area contributed by atoms with Crippen LogP contribution in [0.15, 0.2) is 29.6 Å². The van der Waals surface area contributed by atoms with Crippen LogP contribution in [0.25, 0.3) is 5.57 Å². The zero-order valence-corrected chi connectivity index (χ0v) is 15.0. The standard InChI is InChI=1S/C17H20ClF3N2O2/c1-4-23-6-5-14(18)13(9-23)12-8-22-16(7-15(12)24-3)25-10-11(2)17(19,20)21/h5,7-9,11H,4,6,10H2,1-3H3. The number of methoxy groups -OCH3 is 1. The molecular formula is C17H20ClF3N2O2. The Bertz CT molecular complexity index is 674. The largest absolute Gasteiger partial charge is 0.496 e. The molecule has 1 aromatic rings. The van der Waals surface area contributed by atoms with Gasteiger partial charge in [0.1, 0.15) is 12.4 Å². The highest BCUT2D eigenvalue weighted by atomic mass is 35.5. The van der Waals surface area contributed by atoms with Crippen LogP contribution in [-0.4, -0.2) is 42.9 Å². The topological polar surface area (TPSA) is 34.6 Å². The Morgan fingerprint density at radius 3 is 2.72 bits per heavy atom. The van der Waals surface area contributed by atoms with Crippen molar-refractivity contribution < 1.29 is 22.6 Å². The van der Waals surface area contributed by atoms with Crippen molar-refractivity contribution in [3.05, 3.63) is 35.1 Å². The first kappa shape index (κ1) is 19.4. The molecule has 0 bridgehead atoms. The lowest BCUT2D eigenvalue weighted by Gasteiger charge is -2.24. The fourth-order valence-corrected chi connectivity index (χ4v) is 2.42. The summed E-state index contributed by atoms with van der Waals surface area (Å²) in [5.74, 6) is -1.09. The Kier molecular flexibility index (Phi) is 6.21. The fraction of sp³-hybridized carbons (Fsp3) is 0.471. The zero-order valence-electron chi connectivity index (χ0n) is 14.2. The van der Waals surface area contributed by atoms with E-state index in [0.29, 0.717) is 22.9 Å². The molecule has 0 spiro atoms. The van der Waals surface area contributed by atoms with Crippen LogP contribution in [0.4, 0.5) is 13.2 Å². The molecule has 1 aliphatic heterocycles. The summed E-state index contributed by atoms with van der Waals surface area (Å²) >= 11 is 6.29. The van der Waals surface area contributed by atoms with E-state index in [1.165, 1.54) is 19.4 Å². The fourth-order valence-electron chi connectivity index (χ4n) is 2.20. The van der Waals surface area contributed by atoms with Crippen molar-refractivity contribution in [2.75, 3.05) is 26.8 Å². The third-order valence-electron chi connectivity index (χ3n) is 3.87. The van der Waals surface area contributed by atoms with Gasteiger partial charge in [0.2, 0.25) is 5.88 Å². The molecule has 0 radical (unpaired) electrons. The number of likely N-dealkylation sites (N-methyl/N-ethyl adjacent to an activating group) is 1. The highest BCUT2D eigenvalue weighted by molar-refractivity contribution is 6.37. The molecule has 0 saturated heterocycles. The normalized spacial score (nSPS) is 16.2. The van der Waals surface area contributed by atoms with Gasteiger partial charge in [-0.15, -0.1) is 0 Å². The van der Waals surface area contributed by atoms with Gasteiger partial charge in [0.25, 0.3) is 0 Å². The van der Waals surface area contributed by atoms with Crippen LogP contribution >= 0.6 is 11.6 Å². The molecule has 2 rings (SSSR count). The van der Waals surface area contributed by atoms with Crippen molar-refractivity contribution in [1.29, 1.82) is 0 Å². The number of allylic oxidation sites excluding steroid dienone is 2. The maximum absolute atomic E-state index is 12.6. The Balaban J connectivity index is 2.22. The molecule has 2 heterocycles. The molecule has 1 unspecified atom stereocenters. The van der Waals surface area contributed by atoms with Gasteiger partial charge in [-0.1, -0.05) is 18.5 Å². The second kappa shape index (κ2) is 7.99. The van der Waals surface area contributed by atoms with E-state index in [2.05, 4.69) is 9.88 Å². The molecule has 0 saturated carbocycles. The molecule has 0 amide bonds. The number of alkyl halides is 3. The molecule has 1 atom stereocenters. The molecule has 1 aromatic heterocycles. The van der Waals surface area contributed by atoms with Crippen LogP contribution in [0, 0.1) is 5.92 Å². The Hall–Kier alpha value is -1.89. The molecule has 4 nitrogen and oxygen atoms in total. The van der Waals surface area contributed by atoms with Gasteiger partial charge in [0, 0.05) is 47.7 Å². The number of pyridine rings is 1. The molecule has 8 heteroatoms. The lowest BCUT2D eigenvalue weighted by molar-refractivity contribution is -0.176. The SMILES string of the molecule is CCN1C=C(c2cnc(OCC(C)C(F)(F)F)cc2OC)C(Cl)=CC1. The van der Waals surface area contributed by atoms with E-state index in [1.54, 1.807) is 0 Å². The third-order valence-corrected chi connectivity index (χ3v) is 4.23. The van der Waals surface area contributed by atoms with E-state index in [9.17, 15) is 13.2 Å². The zero-order chi connectivity index (χ0) is 18.6. The number of hydrogen-bond donors (Lipinski definition) is 0. The maximum Gasteiger partial charge on any atom is 0.394 e. The van der Waals surface area contributed by atoms with Crippen molar-refractivity contribution in [2.24, 2.45) is 5.92 Å². The molecular weight excluding hydrogens is 357 g/mol. The first-order chi connectivity index (χ1) is 11.8. The van der Waals surface area contributed by atoms with Crippen molar-refractivity contribution in [2.45, 2.75) is 20.0 Å². The van der Waals surface area contributed by atoms with E-state index in [-0.39, 0.29) is 5.88 Å². The quantitative estimate of drug-likeness (QED) is 0.733. The summed E-state index contributed by atoms with van der Waals surface area (Å²) in [5, 5.41) is 0.573. The van der Waals surface area contributed by atoms with Crippen LogP contribution in [0.5, 0.6) is 11.6 Å². The van der Waals surface area contributed by atoms with Gasteiger partial charge in [0.05, 0.1) is 13.0 Å². The summed E-state index contributed by atoms with van der Waals surface area (Å²) in [7, 11) is 1.47. The Morgan fingerprint density at radius 1 is 1.40 bits per heavy atom. The monoisotopic (exact) mass is 376 g/mol. The number of rotatable bonds is 6. The summed E-state index contributed by atoms with van der Waals surface area (Å²) in [6.07, 6.45) is 0.982. The molecule has 0 N–H and O–H groups in total. The highest BCUT2D eigenvalue weighted by Crippen LogP contribution is 2.36. The second-order valence-corrected chi connectivity index (χ2v) is 6.07. The minimum absolute atomic E-state index is 0.0700. The van der Waals surface area contributed by atoms with Gasteiger partial charge in [-0.2, -0.15) is 13.2 Å². The second-order valence-electron chi connectivity index (χ2n) is 5.66. The highest BCUT2D eigenvalue weighted by Gasteiger charge is 2.36. The van der Waals surface area contributed by atoms with E-state index in [1.807, 2.05) is 19.2 Å². The predicted octanol–water partition coefficient (Wildman–Crippen LogP) is 4.47. The minimum atomic E-state index is -4.31. The van der Waals surface area contributed by atoms with Gasteiger partial charge in [-0.25, -0.2) is 4.98 Å². The van der Waals surface area contributed by atoms with Crippen LogP contribution in [-0.2, 0) is 0 Å². The minimum Gasteiger partial charge on any atom is -0.496 e. The molecule has 1 aliphatic rings. The number of halogens is 4. The Labute approximate surface area is 149 Å².